The molecular formula is C10H18N4S. The van der Waals surface area contributed by atoms with Gasteiger partial charge >= 0.3 is 0 Å². The van der Waals surface area contributed by atoms with Crippen molar-refractivity contribution in [2.24, 2.45) is 5.92 Å². The van der Waals surface area contributed by atoms with E-state index in [9.17, 15) is 0 Å². The highest BCUT2D eigenvalue weighted by atomic mass is 32.1. The van der Waals surface area contributed by atoms with Gasteiger partial charge in [0.15, 0.2) is 0 Å². The Hall–Kier alpha value is -0.680. The zero-order valence-corrected chi connectivity index (χ0v) is 9.96. The second-order valence-electron chi connectivity index (χ2n) is 4.16. The summed E-state index contributed by atoms with van der Waals surface area (Å²) in [7, 11) is 0. The van der Waals surface area contributed by atoms with Crippen molar-refractivity contribution in [1.82, 2.24) is 15.1 Å². The van der Waals surface area contributed by atoms with Gasteiger partial charge in [-0.3, -0.25) is 4.90 Å². The molecule has 4 nitrogen and oxygen atoms in total. The SMILES string of the molecule is CCC1CCN(Cc2nnc(N)s2)CC1. The van der Waals surface area contributed by atoms with E-state index in [1.807, 2.05) is 0 Å². The summed E-state index contributed by atoms with van der Waals surface area (Å²) in [6.07, 6.45) is 3.97. The minimum Gasteiger partial charge on any atom is -0.374 e. The Kier molecular flexibility index (Phi) is 3.53. The molecule has 0 unspecified atom stereocenters. The van der Waals surface area contributed by atoms with E-state index in [0.717, 1.165) is 17.5 Å². The number of nitrogen functional groups attached to an aromatic ring is 1. The molecule has 1 aliphatic rings. The van der Waals surface area contributed by atoms with Gasteiger partial charge in [-0.2, -0.15) is 0 Å². The van der Waals surface area contributed by atoms with Crippen LogP contribution < -0.4 is 5.73 Å². The molecule has 0 atom stereocenters. The summed E-state index contributed by atoms with van der Waals surface area (Å²) in [4.78, 5) is 2.45. The maximum atomic E-state index is 5.55. The summed E-state index contributed by atoms with van der Waals surface area (Å²) >= 11 is 1.50. The van der Waals surface area contributed by atoms with Gasteiger partial charge in [0, 0.05) is 0 Å². The summed E-state index contributed by atoms with van der Waals surface area (Å²) in [5.41, 5.74) is 5.55. The van der Waals surface area contributed by atoms with E-state index in [1.54, 1.807) is 0 Å². The van der Waals surface area contributed by atoms with Crippen LogP contribution >= 0.6 is 11.3 Å². The van der Waals surface area contributed by atoms with Crippen LogP contribution in [0.1, 0.15) is 31.2 Å². The molecule has 0 spiro atoms. The molecule has 0 bridgehead atoms. The van der Waals surface area contributed by atoms with Crippen LogP contribution in [-0.2, 0) is 6.54 Å². The van der Waals surface area contributed by atoms with Crippen molar-refractivity contribution < 1.29 is 0 Å². The Morgan fingerprint density at radius 1 is 1.40 bits per heavy atom. The smallest absolute Gasteiger partial charge is 0.203 e. The summed E-state index contributed by atoms with van der Waals surface area (Å²) < 4.78 is 0. The zero-order chi connectivity index (χ0) is 10.7. The highest BCUT2D eigenvalue weighted by molar-refractivity contribution is 7.15. The van der Waals surface area contributed by atoms with Gasteiger partial charge in [-0.1, -0.05) is 24.7 Å². The predicted octanol–water partition coefficient (Wildman–Crippen LogP) is 1.74. The van der Waals surface area contributed by atoms with Crippen LogP contribution in [-0.4, -0.2) is 28.2 Å². The molecular weight excluding hydrogens is 208 g/mol. The highest BCUT2D eigenvalue weighted by Gasteiger charge is 2.18. The van der Waals surface area contributed by atoms with Crippen LogP contribution in [0.4, 0.5) is 5.13 Å². The molecule has 0 amide bonds. The van der Waals surface area contributed by atoms with Crippen molar-refractivity contribution in [3.8, 4) is 0 Å². The number of rotatable bonds is 3. The third-order valence-electron chi connectivity index (χ3n) is 3.13. The van der Waals surface area contributed by atoms with Crippen LogP contribution in [0, 0.1) is 5.92 Å². The summed E-state index contributed by atoms with van der Waals surface area (Å²) in [6.45, 7) is 5.59. The van der Waals surface area contributed by atoms with E-state index in [0.29, 0.717) is 5.13 Å². The molecule has 0 radical (unpaired) electrons. The molecule has 5 heteroatoms. The third-order valence-corrected chi connectivity index (χ3v) is 3.86. The monoisotopic (exact) mass is 226 g/mol. The summed E-state index contributed by atoms with van der Waals surface area (Å²) in [5, 5.41) is 9.50. The number of hydrogen-bond donors (Lipinski definition) is 1. The lowest BCUT2D eigenvalue weighted by Crippen LogP contribution is -2.32. The van der Waals surface area contributed by atoms with E-state index in [4.69, 9.17) is 5.73 Å². The topological polar surface area (TPSA) is 55.0 Å². The predicted molar refractivity (Wildman–Crippen MR) is 62.6 cm³/mol. The van der Waals surface area contributed by atoms with Gasteiger partial charge in [0.2, 0.25) is 5.13 Å². The molecule has 1 saturated heterocycles. The van der Waals surface area contributed by atoms with Gasteiger partial charge in [-0.25, -0.2) is 0 Å². The second kappa shape index (κ2) is 4.90. The van der Waals surface area contributed by atoms with E-state index in [-0.39, 0.29) is 0 Å². The lowest BCUT2D eigenvalue weighted by Gasteiger charge is -2.30. The second-order valence-corrected chi connectivity index (χ2v) is 5.26. The average Bonchev–Trinajstić information content (AvgIpc) is 2.65. The minimum absolute atomic E-state index is 0.577. The molecule has 84 valence electrons. The first-order valence-electron chi connectivity index (χ1n) is 5.58. The fraction of sp³-hybridized carbons (Fsp3) is 0.800. The van der Waals surface area contributed by atoms with Crippen molar-refractivity contribution in [1.29, 1.82) is 0 Å². The van der Waals surface area contributed by atoms with Crippen molar-refractivity contribution >= 4 is 16.5 Å². The summed E-state index contributed by atoms with van der Waals surface area (Å²) in [6, 6.07) is 0. The van der Waals surface area contributed by atoms with Crippen LogP contribution in [0.15, 0.2) is 0 Å². The van der Waals surface area contributed by atoms with Gasteiger partial charge in [-0.05, 0) is 31.8 Å². The van der Waals surface area contributed by atoms with E-state index in [2.05, 4.69) is 22.0 Å². The van der Waals surface area contributed by atoms with Crippen molar-refractivity contribution in [2.45, 2.75) is 32.7 Å². The lowest BCUT2D eigenvalue weighted by molar-refractivity contribution is 0.174. The molecule has 2 heterocycles. The molecule has 2 N–H and O–H groups in total. The standard InChI is InChI=1S/C10H18N4S/c1-2-8-3-5-14(6-4-8)7-9-12-13-10(11)15-9/h8H,2-7H2,1H3,(H2,11,13). The maximum Gasteiger partial charge on any atom is 0.203 e. The van der Waals surface area contributed by atoms with Crippen LogP contribution in [0.25, 0.3) is 0 Å². The van der Waals surface area contributed by atoms with Gasteiger partial charge in [0.25, 0.3) is 0 Å². The fourth-order valence-electron chi connectivity index (χ4n) is 2.07. The van der Waals surface area contributed by atoms with Crippen LogP contribution in [0.3, 0.4) is 0 Å². The maximum absolute atomic E-state index is 5.55. The molecule has 0 saturated carbocycles. The molecule has 1 aromatic heterocycles. The third kappa shape index (κ3) is 2.89. The number of piperidine rings is 1. The largest absolute Gasteiger partial charge is 0.374 e. The first kappa shape index (κ1) is 10.8. The van der Waals surface area contributed by atoms with E-state index < -0.39 is 0 Å². The Balaban J connectivity index is 1.82. The number of nitrogens with zero attached hydrogens (tertiary/aromatic N) is 3. The lowest BCUT2D eigenvalue weighted by atomic mass is 9.94. The first-order valence-corrected chi connectivity index (χ1v) is 6.39. The Bertz CT molecular complexity index is 304. The molecule has 0 aromatic carbocycles. The molecule has 15 heavy (non-hydrogen) atoms. The van der Waals surface area contributed by atoms with Gasteiger partial charge in [0.1, 0.15) is 5.01 Å². The quantitative estimate of drug-likeness (QED) is 0.853. The Morgan fingerprint density at radius 2 is 2.13 bits per heavy atom. The zero-order valence-electron chi connectivity index (χ0n) is 9.15. The molecule has 1 aromatic rings. The average molecular weight is 226 g/mol. The van der Waals surface area contributed by atoms with E-state index in [1.165, 1.54) is 43.7 Å². The molecule has 2 rings (SSSR count). The highest BCUT2D eigenvalue weighted by Crippen LogP contribution is 2.22. The number of hydrogen-bond acceptors (Lipinski definition) is 5. The van der Waals surface area contributed by atoms with E-state index >= 15 is 0 Å². The van der Waals surface area contributed by atoms with Crippen molar-refractivity contribution in [3.63, 3.8) is 0 Å². The van der Waals surface area contributed by atoms with Gasteiger partial charge in [-0.15, -0.1) is 10.2 Å². The Morgan fingerprint density at radius 3 is 2.67 bits per heavy atom. The van der Waals surface area contributed by atoms with Gasteiger partial charge < -0.3 is 5.73 Å². The number of nitrogens with two attached hydrogens (primary N) is 1. The normalized spacial score (nSPS) is 19.5. The molecule has 1 aliphatic heterocycles. The first-order chi connectivity index (χ1) is 7.28. The summed E-state index contributed by atoms with van der Waals surface area (Å²) in [5.74, 6) is 0.931. The number of aromatic nitrogens is 2. The van der Waals surface area contributed by atoms with Crippen molar-refractivity contribution in [2.75, 3.05) is 18.8 Å². The van der Waals surface area contributed by atoms with Gasteiger partial charge in [0.05, 0.1) is 6.54 Å². The van der Waals surface area contributed by atoms with Crippen LogP contribution in [0.2, 0.25) is 0 Å². The van der Waals surface area contributed by atoms with Crippen molar-refractivity contribution in [3.05, 3.63) is 5.01 Å². The molecule has 1 fully saturated rings. The fourth-order valence-corrected chi connectivity index (χ4v) is 2.73. The van der Waals surface area contributed by atoms with Crippen LogP contribution in [0.5, 0.6) is 0 Å². The number of likely N-dealkylation sites (tertiary alicyclic amines) is 1. The minimum atomic E-state index is 0.577. The molecule has 0 aliphatic carbocycles. The number of anilines is 1. The Labute approximate surface area is 94.5 Å².